The van der Waals surface area contributed by atoms with Gasteiger partial charge in [-0.25, -0.2) is 0 Å². The number of hydrogen-bond donors (Lipinski definition) is 0. The highest BCUT2D eigenvalue weighted by atomic mass is 14.0. The Labute approximate surface area is 187 Å². The molecule has 0 aromatic rings. The second-order valence-electron chi connectivity index (χ2n) is 10.1. The molecule has 0 aliphatic carbocycles. The molecule has 0 spiro atoms. The molecule has 29 heavy (non-hydrogen) atoms. The highest BCUT2D eigenvalue weighted by molar-refractivity contribution is 4.53. The van der Waals surface area contributed by atoms with Crippen molar-refractivity contribution in [2.24, 2.45) is 5.92 Å². The summed E-state index contributed by atoms with van der Waals surface area (Å²) in [5, 5.41) is 0. The minimum absolute atomic E-state index is 0.949. The zero-order valence-corrected chi connectivity index (χ0v) is 21.3. The van der Waals surface area contributed by atoms with Crippen molar-refractivity contribution in [3.63, 3.8) is 0 Å². The molecule has 0 aromatic carbocycles. The largest absolute Gasteiger partial charge is 0.0654 e. The van der Waals surface area contributed by atoms with Crippen molar-refractivity contribution in [3.8, 4) is 0 Å². The third-order valence-corrected chi connectivity index (χ3v) is 7.00. The predicted molar refractivity (Wildman–Crippen MR) is 136 cm³/mol. The van der Waals surface area contributed by atoms with E-state index in [1.165, 1.54) is 161 Å². The summed E-state index contributed by atoms with van der Waals surface area (Å²) in [4.78, 5) is 0. The maximum Gasteiger partial charge on any atom is -0.0445 e. The Morgan fingerprint density at radius 1 is 0.345 bits per heavy atom. The quantitative estimate of drug-likeness (QED) is 0.132. The van der Waals surface area contributed by atoms with E-state index in [-0.39, 0.29) is 0 Å². The van der Waals surface area contributed by atoms with Gasteiger partial charge in [0.2, 0.25) is 0 Å². The van der Waals surface area contributed by atoms with Crippen LogP contribution in [0.1, 0.15) is 181 Å². The number of hydrogen-bond acceptors (Lipinski definition) is 0. The average Bonchev–Trinajstić information content (AvgIpc) is 2.74. The molecular weight excluding hydrogens is 348 g/mol. The molecule has 0 rings (SSSR count). The normalized spacial score (nSPS) is 12.5. The van der Waals surface area contributed by atoms with Gasteiger partial charge >= 0.3 is 0 Å². The topological polar surface area (TPSA) is 0 Å². The Hall–Kier alpha value is 0. The van der Waals surface area contributed by atoms with Crippen molar-refractivity contribution in [2.45, 2.75) is 181 Å². The van der Waals surface area contributed by atoms with Crippen molar-refractivity contribution in [2.75, 3.05) is 0 Å². The monoisotopic (exact) mass is 408 g/mol. The summed E-state index contributed by atoms with van der Waals surface area (Å²) in [6.45, 7) is 7.03. The lowest BCUT2D eigenvalue weighted by Gasteiger charge is -2.07. The summed E-state index contributed by atoms with van der Waals surface area (Å²) < 4.78 is 0. The van der Waals surface area contributed by atoms with Gasteiger partial charge in [-0.05, 0) is 5.92 Å². The highest BCUT2D eigenvalue weighted by Gasteiger charge is 1.98. The fourth-order valence-corrected chi connectivity index (χ4v) is 4.48. The molecule has 176 valence electrons. The number of unbranched alkanes of at least 4 members (excludes halogenated alkanes) is 22. The lowest BCUT2D eigenvalue weighted by molar-refractivity contribution is 0.468. The maximum absolute atomic E-state index is 2.40. The summed E-state index contributed by atoms with van der Waals surface area (Å²) in [5.41, 5.74) is 0. The van der Waals surface area contributed by atoms with Crippen molar-refractivity contribution in [1.82, 2.24) is 0 Å². The molecule has 0 radical (unpaired) electrons. The number of rotatable bonds is 25. The summed E-state index contributed by atoms with van der Waals surface area (Å²) in [6.07, 6.45) is 36.9. The zero-order chi connectivity index (χ0) is 21.3. The molecule has 0 saturated carbocycles. The minimum Gasteiger partial charge on any atom is -0.0654 e. The van der Waals surface area contributed by atoms with Crippen LogP contribution in [0.15, 0.2) is 0 Å². The van der Waals surface area contributed by atoms with Gasteiger partial charge in [0, 0.05) is 0 Å². The van der Waals surface area contributed by atoms with Crippen LogP contribution in [0, 0.1) is 5.92 Å². The Bertz CT molecular complexity index is 269. The van der Waals surface area contributed by atoms with Crippen LogP contribution in [0.25, 0.3) is 0 Å². The van der Waals surface area contributed by atoms with Crippen LogP contribution in [0.4, 0.5) is 0 Å². The lowest BCUT2D eigenvalue weighted by Crippen LogP contribution is -1.91. The molecule has 0 aliphatic rings. The van der Waals surface area contributed by atoms with Gasteiger partial charge in [-0.2, -0.15) is 0 Å². The van der Waals surface area contributed by atoms with Gasteiger partial charge in [0.25, 0.3) is 0 Å². The molecular formula is C29H60. The van der Waals surface area contributed by atoms with Gasteiger partial charge in [0.05, 0.1) is 0 Å². The van der Waals surface area contributed by atoms with E-state index in [0.717, 1.165) is 5.92 Å². The van der Waals surface area contributed by atoms with Crippen LogP contribution in [0.5, 0.6) is 0 Å². The standard InChI is InChI=1S/C29H60/c1-4-6-7-8-9-10-11-12-13-14-15-16-17-18-19-20-21-22-23-24-25-26-27-28-29(3)5-2/h29H,4-28H2,1-3H3. The average molecular weight is 409 g/mol. The van der Waals surface area contributed by atoms with Crippen LogP contribution < -0.4 is 0 Å². The molecule has 0 saturated heterocycles. The molecule has 1 unspecified atom stereocenters. The van der Waals surface area contributed by atoms with Gasteiger partial charge in [-0.15, -0.1) is 0 Å². The van der Waals surface area contributed by atoms with Crippen LogP contribution in [0.3, 0.4) is 0 Å². The minimum atomic E-state index is 0.949. The van der Waals surface area contributed by atoms with Crippen molar-refractivity contribution < 1.29 is 0 Å². The summed E-state index contributed by atoms with van der Waals surface area (Å²) in [6, 6.07) is 0. The van der Waals surface area contributed by atoms with Crippen molar-refractivity contribution in [3.05, 3.63) is 0 Å². The summed E-state index contributed by atoms with van der Waals surface area (Å²) in [5.74, 6) is 0.949. The lowest BCUT2D eigenvalue weighted by atomic mass is 9.99. The predicted octanol–water partition coefficient (Wildman–Crippen LogP) is 11.4. The molecule has 0 nitrogen and oxygen atoms in total. The molecule has 0 aromatic heterocycles. The Morgan fingerprint density at radius 3 is 0.828 bits per heavy atom. The van der Waals surface area contributed by atoms with E-state index in [9.17, 15) is 0 Å². The van der Waals surface area contributed by atoms with Crippen LogP contribution >= 0.6 is 0 Å². The third kappa shape index (κ3) is 26.0. The van der Waals surface area contributed by atoms with Crippen molar-refractivity contribution in [1.29, 1.82) is 0 Å². The third-order valence-electron chi connectivity index (χ3n) is 7.00. The molecule has 0 amide bonds. The molecule has 0 fully saturated rings. The second kappa shape index (κ2) is 26.0. The Morgan fingerprint density at radius 2 is 0.586 bits per heavy atom. The van der Waals surface area contributed by atoms with E-state index < -0.39 is 0 Å². The van der Waals surface area contributed by atoms with E-state index in [1.807, 2.05) is 0 Å². The summed E-state index contributed by atoms with van der Waals surface area (Å²) >= 11 is 0. The Kier molecular flexibility index (Phi) is 26.0. The van der Waals surface area contributed by atoms with Gasteiger partial charge in [0.1, 0.15) is 0 Å². The van der Waals surface area contributed by atoms with E-state index >= 15 is 0 Å². The fraction of sp³-hybridized carbons (Fsp3) is 1.00. The molecule has 0 N–H and O–H groups in total. The second-order valence-corrected chi connectivity index (χ2v) is 10.1. The van der Waals surface area contributed by atoms with E-state index in [2.05, 4.69) is 20.8 Å². The van der Waals surface area contributed by atoms with Crippen LogP contribution in [-0.2, 0) is 0 Å². The SMILES string of the molecule is CCCCCCCCCCCCCCCCCCCCCCCCCC(C)CC. The molecule has 0 bridgehead atoms. The molecule has 0 heteroatoms. The fourth-order valence-electron chi connectivity index (χ4n) is 4.48. The molecule has 0 heterocycles. The molecule has 0 aliphatic heterocycles. The first-order chi connectivity index (χ1) is 14.3. The van der Waals surface area contributed by atoms with Gasteiger partial charge in [-0.1, -0.05) is 181 Å². The maximum atomic E-state index is 2.40. The van der Waals surface area contributed by atoms with Gasteiger partial charge < -0.3 is 0 Å². The zero-order valence-electron chi connectivity index (χ0n) is 21.3. The van der Waals surface area contributed by atoms with Crippen molar-refractivity contribution >= 4 is 0 Å². The van der Waals surface area contributed by atoms with Crippen LogP contribution in [-0.4, -0.2) is 0 Å². The Balaban J connectivity index is 3.00. The smallest absolute Gasteiger partial charge is 0.0445 e. The van der Waals surface area contributed by atoms with Gasteiger partial charge in [-0.3, -0.25) is 0 Å². The highest BCUT2D eigenvalue weighted by Crippen LogP contribution is 2.16. The van der Waals surface area contributed by atoms with E-state index in [4.69, 9.17) is 0 Å². The molecule has 1 atom stereocenters. The van der Waals surface area contributed by atoms with Gasteiger partial charge in [0.15, 0.2) is 0 Å². The van der Waals surface area contributed by atoms with E-state index in [0.29, 0.717) is 0 Å². The van der Waals surface area contributed by atoms with Crippen LogP contribution in [0.2, 0.25) is 0 Å². The first kappa shape index (κ1) is 29.0. The first-order valence-electron chi connectivity index (χ1n) is 14.3. The first-order valence-corrected chi connectivity index (χ1v) is 14.3. The summed E-state index contributed by atoms with van der Waals surface area (Å²) in [7, 11) is 0. The van der Waals surface area contributed by atoms with E-state index in [1.54, 1.807) is 0 Å².